The van der Waals surface area contributed by atoms with Crippen LogP contribution in [-0.2, 0) is 0 Å². The SMILES string of the molecule is CCC(C)(NC(=O)c1cccc2c1OCCO2)C(N)=S. The average Bonchev–Trinajstić information content (AvgIpc) is 2.46. The van der Waals surface area contributed by atoms with Crippen LogP contribution in [-0.4, -0.2) is 29.6 Å². The van der Waals surface area contributed by atoms with Crippen LogP contribution in [0.15, 0.2) is 18.2 Å². The first-order chi connectivity index (χ1) is 9.48. The van der Waals surface area contributed by atoms with E-state index in [4.69, 9.17) is 27.4 Å². The first kappa shape index (κ1) is 14.6. The molecule has 20 heavy (non-hydrogen) atoms. The summed E-state index contributed by atoms with van der Waals surface area (Å²) in [4.78, 5) is 12.7. The molecule has 0 saturated heterocycles. The fourth-order valence-corrected chi connectivity index (χ4v) is 2.09. The Morgan fingerprint density at radius 1 is 1.45 bits per heavy atom. The van der Waals surface area contributed by atoms with Gasteiger partial charge in [0.15, 0.2) is 11.5 Å². The molecule has 0 bridgehead atoms. The highest BCUT2D eigenvalue weighted by molar-refractivity contribution is 7.80. The number of para-hydroxylation sites is 1. The number of carbonyl (C=O) groups excluding carboxylic acids is 1. The van der Waals surface area contributed by atoms with Gasteiger partial charge in [-0.05, 0) is 25.5 Å². The van der Waals surface area contributed by atoms with E-state index in [1.165, 1.54) is 0 Å². The Morgan fingerprint density at radius 2 is 2.15 bits per heavy atom. The Labute approximate surface area is 123 Å². The van der Waals surface area contributed by atoms with Crippen molar-refractivity contribution >= 4 is 23.1 Å². The molecule has 1 aromatic carbocycles. The minimum atomic E-state index is -0.718. The molecule has 0 aliphatic carbocycles. The summed E-state index contributed by atoms with van der Waals surface area (Å²) in [5.74, 6) is 0.777. The molecule has 1 unspecified atom stereocenters. The summed E-state index contributed by atoms with van der Waals surface area (Å²) in [7, 11) is 0. The Kier molecular flexibility index (Phi) is 4.13. The third-order valence-electron chi connectivity index (χ3n) is 3.45. The number of nitrogens with two attached hydrogens (primary N) is 1. The molecule has 2 rings (SSSR count). The number of thiocarbonyl (C=S) groups is 1. The molecule has 1 heterocycles. The van der Waals surface area contributed by atoms with Crippen LogP contribution in [0.4, 0.5) is 0 Å². The molecule has 1 aromatic rings. The number of ether oxygens (including phenoxy) is 2. The molecule has 1 aliphatic heterocycles. The van der Waals surface area contributed by atoms with Gasteiger partial charge in [-0.1, -0.05) is 25.2 Å². The summed E-state index contributed by atoms with van der Waals surface area (Å²) in [6.07, 6.45) is 0.612. The lowest BCUT2D eigenvalue weighted by molar-refractivity contribution is 0.0915. The van der Waals surface area contributed by atoms with Gasteiger partial charge < -0.3 is 20.5 Å². The molecule has 6 heteroatoms. The van der Waals surface area contributed by atoms with Gasteiger partial charge in [0.05, 0.1) is 16.1 Å². The van der Waals surface area contributed by atoms with Crippen molar-refractivity contribution in [3.05, 3.63) is 23.8 Å². The van der Waals surface area contributed by atoms with E-state index in [1.54, 1.807) is 25.1 Å². The van der Waals surface area contributed by atoms with Gasteiger partial charge in [0.1, 0.15) is 13.2 Å². The molecular weight excluding hydrogens is 276 g/mol. The summed E-state index contributed by atoms with van der Waals surface area (Å²) in [6, 6.07) is 5.23. The van der Waals surface area contributed by atoms with Crippen molar-refractivity contribution in [1.82, 2.24) is 5.32 Å². The minimum absolute atomic E-state index is 0.260. The molecule has 0 spiro atoms. The van der Waals surface area contributed by atoms with Crippen LogP contribution >= 0.6 is 12.2 Å². The van der Waals surface area contributed by atoms with E-state index in [-0.39, 0.29) is 10.9 Å². The zero-order chi connectivity index (χ0) is 14.8. The standard InChI is InChI=1S/C14H18N2O3S/c1-3-14(2,13(15)20)16-12(17)9-5-4-6-10-11(9)19-8-7-18-10/h4-6H,3,7-8H2,1-2H3,(H2,15,20)(H,16,17). The van der Waals surface area contributed by atoms with Gasteiger partial charge in [-0.15, -0.1) is 0 Å². The fraction of sp³-hybridized carbons (Fsp3) is 0.429. The fourth-order valence-electron chi connectivity index (χ4n) is 1.89. The smallest absolute Gasteiger partial charge is 0.255 e. The van der Waals surface area contributed by atoms with E-state index in [0.29, 0.717) is 36.7 Å². The molecule has 108 valence electrons. The normalized spacial score (nSPS) is 16.1. The molecular formula is C14H18N2O3S. The van der Waals surface area contributed by atoms with Crippen LogP contribution in [0.3, 0.4) is 0 Å². The van der Waals surface area contributed by atoms with Gasteiger partial charge >= 0.3 is 0 Å². The maximum Gasteiger partial charge on any atom is 0.255 e. The lowest BCUT2D eigenvalue weighted by atomic mass is 9.98. The molecule has 0 fully saturated rings. The van der Waals surface area contributed by atoms with E-state index in [1.807, 2.05) is 6.92 Å². The number of fused-ring (bicyclic) bond motifs is 1. The van der Waals surface area contributed by atoms with Gasteiger partial charge in [-0.3, -0.25) is 4.79 Å². The van der Waals surface area contributed by atoms with Crippen molar-refractivity contribution in [1.29, 1.82) is 0 Å². The van der Waals surface area contributed by atoms with E-state index >= 15 is 0 Å². The van der Waals surface area contributed by atoms with Crippen molar-refractivity contribution in [2.75, 3.05) is 13.2 Å². The number of rotatable bonds is 4. The van der Waals surface area contributed by atoms with Crippen molar-refractivity contribution < 1.29 is 14.3 Å². The van der Waals surface area contributed by atoms with Crippen molar-refractivity contribution in [2.45, 2.75) is 25.8 Å². The number of carbonyl (C=O) groups is 1. The van der Waals surface area contributed by atoms with Crippen LogP contribution in [0.2, 0.25) is 0 Å². The molecule has 1 atom stereocenters. The van der Waals surface area contributed by atoms with E-state index in [9.17, 15) is 4.79 Å². The van der Waals surface area contributed by atoms with Crippen LogP contribution in [0.1, 0.15) is 30.6 Å². The van der Waals surface area contributed by atoms with Crippen LogP contribution in [0.5, 0.6) is 11.5 Å². The maximum absolute atomic E-state index is 12.4. The highest BCUT2D eigenvalue weighted by Gasteiger charge is 2.30. The zero-order valence-corrected chi connectivity index (χ0v) is 12.4. The Hall–Kier alpha value is -1.82. The molecule has 3 N–H and O–H groups in total. The van der Waals surface area contributed by atoms with E-state index in [0.717, 1.165) is 0 Å². The van der Waals surface area contributed by atoms with Gasteiger partial charge in [0.25, 0.3) is 5.91 Å². The highest BCUT2D eigenvalue weighted by Crippen LogP contribution is 2.33. The zero-order valence-electron chi connectivity index (χ0n) is 11.6. The quantitative estimate of drug-likeness (QED) is 0.826. The molecule has 0 aromatic heterocycles. The average molecular weight is 294 g/mol. The summed E-state index contributed by atoms with van der Waals surface area (Å²) in [6.45, 7) is 4.63. The van der Waals surface area contributed by atoms with Crippen molar-refractivity contribution in [2.24, 2.45) is 5.73 Å². The van der Waals surface area contributed by atoms with Crippen LogP contribution < -0.4 is 20.5 Å². The largest absolute Gasteiger partial charge is 0.486 e. The lowest BCUT2D eigenvalue weighted by Crippen LogP contribution is -2.54. The third-order valence-corrected chi connectivity index (χ3v) is 3.90. The Morgan fingerprint density at radius 3 is 2.80 bits per heavy atom. The summed E-state index contributed by atoms with van der Waals surface area (Å²) >= 11 is 5.03. The predicted octanol–water partition coefficient (Wildman–Crippen LogP) is 1.64. The topological polar surface area (TPSA) is 73.6 Å². The summed E-state index contributed by atoms with van der Waals surface area (Å²) in [5, 5.41) is 2.87. The monoisotopic (exact) mass is 294 g/mol. The summed E-state index contributed by atoms with van der Waals surface area (Å²) < 4.78 is 11.0. The van der Waals surface area contributed by atoms with Crippen molar-refractivity contribution in [3.8, 4) is 11.5 Å². The van der Waals surface area contributed by atoms with E-state index in [2.05, 4.69) is 5.32 Å². The molecule has 0 saturated carbocycles. The predicted molar refractivity (Wildman–Crippen MR) is 80.4 cm³/mol. The molecule has 1 amide bonds. The number of nitrogens with one attached hydrogen (secondary N) is 1. The second-order valence-electron chi connectivity index (χ2n) is 4.83. The second-order valence-corrected chi connectivity index (χ2v) is 5.27. The van der Waals surface area contributed by atoms with Crippen LogP contribution in [0.25, 0.3) is 0 Å². The number of amides is 1. The Balaban J connectivity index is 2.28. The number of hydrogen-bond donors (Lipinski definition) is 2. The first-order valence-corrected chi connectivity index (χ1v) is 6.90. The van der Waals surface area contributed by atoms with Gasteiger partial charge in [0, 0.05) is 0 Å². The minimum Gasteiger partial charge on any atom is -0.486 e. The van der Waals surface area contributed by atoms with Gasteiger partial charge in [0.2, 0.25) is 0 Å². The second kappa shape index (κ2) is 5.66. The van der Waals surface area contributed by atoms with Crippen molar-refractivity contribution in [3.63, 3.8) is 0 Å². The van der Waals surface area contributed by atoms with Gasteiger partial charge in [-0.2, -0.15) is 0 Å². The highest BCUT2D eigenvalue weighted by atomic mass is 32.1. The van der Waals surface area contributed by atoms with Crippen LogP contribution in [0, 0.1) is 0 Å². The van der Waals surface area contributed by atoms with Gasteiger partial charge in [-0.25, -0.2) is 0 Å². The maximum atomic E-state index is 12.4. The number of hydrogen-bond acceptors (Lipinski definition) is 4. The first-order valence-electron chi connectivity index (χ1n) is 6.49. The molecule has 0 radical (unpaired) electrons. The lowest BCUT2D eigenvalue weighted by Gasteiger charge is -2.29. The molecule has 1 aliphatic rings. The third kappa shape index (κ3) is 2.70. The molecule has 5 nitrogen and oxygen atoms in total. The Bertz CT molecular complexity index is 547. The van der Waals surface area contributed by atoms with E-state index < -0.39 is 5.54 Å². The number of benzene rings is 1. The summed E-state index contributed by atoms with van der Waals surface area (Å²) in [5.41, 5.74) is 5.42.